The number of ether oxygens (including phenoxy) is 2. The molecule has 0 fully saturated rings. The standard InChI is InChI=1S/C15H20O3/c1-15(2,3)14(17-4)12(16)11-7-5-6-10-8-9-18-13(10)11/h5-7,14H,8-9H2,1-4H3. The Kier molecular flexibility index (Phi) is 3.44. The van der Waals surface area contributed by atoms with Gasteiger partial charge in [-0.25, -0.2) is 0 Å². The number of para-hydroxylation sites is 1. The van der Waals surface area contributed by atoms with Crippen molar-refractivity contribution in [3.05, 3.63) is 29.3 Å². The van der Waals surface area contributed by atoms with Gasteiger partial charge in [0.2, 0.25) is 0 Å². The summed E-state index contributed by atoms with van der Waals surface area (Å²) in [7, 11) is 1.58. The van der Waals surface area contributed by atoms with Crippen molar-refractivity contribution in [2.24, 2.45) is 5.41 Å². The van der Waals surface area contributed by atoms with Crippen LogP contribution in [0, 0.1) is 5.41 Å². The van der Waals surface area contributed by atoms with Crippen LogP contribution in [0.2, 0.25) is 0 Å². The molecule has 2 rings (SSSR count). The number of carbonyl (C=O) groups is 1. The predicted octanol–water partition coefficient (Wildman–Crippen LogP) is 2.87. The van der Waals surface area contributed by atoms with Gasteiger partial charge < -0.3 is 9.47 Å². The maximum absolute atomic E-state index is 12.6. The van der Waals surface area contributed by atoms with Crippen molar-refractivity contribution in [3.63, 3.8) is 0 Å². The second-order valence-electron chi connectivity index (χ2n) is 5.74. The molecule has 98 valence electrons. The van der Waals surface area contributed by atoms with Crippen molar-refractivity contribution >= 4 is 5.78 Å². The summed E-state index contributed by atoms with van der Waals surface area (Å²) in [5, 5.41) is 0. The summed E-state index contributed by atoms with van der Waals surface area (Å²) < 4.78 is 11.0. The van der Waals surface area contributed by atoms with Crippen LogP contribution in [0.1, 0.15) is 36.7 Å². The number of hydrogen-bond acceptors (Lipinski definition) is 3. The van der Waals surface area contributed by atoms with E-state index in [2.05, 4.69) is 0 Å². The summed E-state index contributed by atoms with van der Waals surface area (Å²) in [6, 6.07) is 5.75. The van der Waals surface area contributed by atoms with Crippen LogP contribution < -0.4 is 4.74 Å². The Morgan fingerprint density at radius 3 is 2.72 bits per heavy atom. The van der Waals surface area contributed by atoms with E-state index in [9.17, 15) is 4.79 Å². The smallest absolute Gasteiger partial charge is 0.195 e. The summed E-state index contributed by atoms with van der Waals surface area (Å²) >= 11 is 0. The van der Waals surface area contributed by atoms with E-state index in [4.69, 9.17) is 9.47 Å². The lowest BCUT2D eigenvalue weighted by atomic mass is 9.84. The zero-order chi connectivity index (χ0) is 13.3. The summed E-state index contributed by atoms with van der Waals surface area (Å²) in [5.74, 6) is 0.748. The summed E-state index contributed by atoms with van der Waals surface area (Å²) in [5.41, 5.74) is 1.53. The maximum atomic E-state index is 12.6. The van der Waals surface area contributed by atoms with Crippen molar-refractivity contribution in [2.45, 2.75) is 33.3 Å². The Bertz CT molecular complexity index is 457. The van der Waals surface area contributed by atoms with Gasteiger partial charge >= 0.3 is 0 Å². The number of fused-ring (bicyclic) bond motifs is 1. The van der Waals surface area contributed by atoms with Crippen molar-refractivity contribution in [1.82, 2.24) is 0 Å². The van der Waals surface area contributed by atoms with Crippen LogP contribution in [0.15, 0.2) is 18.2 Å². The molecule has 1 atom stereocenters. The van der Waals surface area contributed by atoms with Gasteiger partial charge in [-0.1, -0.05) is 32.9 Å². The molecule has 3 nitrogen and oxygen atoms in total. The maximum Gasteiger partial charge on any atom is 0.195 e. The molecule has 0 saturated carbocycles. The second kappa shape index (κ2) is 4.73. The molecular formula is C15H20O3. The molecule has 1 aliphatic heterocycles. The Hall–Kier alpha value is -1.35. The highest BCUT2D eigenvalue weighted by atomic mass is 16.5. The summed E-state index contributed by atoms with van der Waals surface area (Å²) in [6.07, 6.45) is 0.428. The number of methoxy groups -OCH3 is 1. The molecule has 1 aromatic rings. The molecule has 0 aromatic heterocycles. The van der Waals surface area contributed by atoms with Crippen LogP contribution in [-0.4, -0.2) is 25.6 Å². The molecule has 1 aromatic carbocycles. The van der Waals surface area contributed by atoms with Crippen LogP contribution in [0.5, 0.6) is 5.75 Å². The van der Waals surface area contributed by atoms with Gasteiger partial charge in [0, 0.05) is 13.5 Å². The minimum Gasteiger partial charge on any atom is -0.492 e. The largest absolute Gasteiger partial charge is 0.492 e. The van der Waals surface area contributed by atoms with Gasteiger partial charge in [-0.2, -0.15) is 0 Å². The van der Waals surface area contributed by atoms with Gasteiger partial charge in [0.15, 0.2) is 5.78 Å². The normalized spacial score (nSPS) is 16.0. The highest BCUT2D eigenvalue weighted by molar-refractivity contribution is 6.02. The molecule has 0 aliphatic carbocycles. The lowest BCUT2D eigenvalue weighted by Gasteiger charge is -2.28. The third-order valence-electron chi connectivity index (χ3n) is 3.24. The van der Waals surface area contributed by atoms with Gasteiger partial charge in [0.25, 0.3) is 0 Å². The van der Waals surface area contributed by atoms with E-state index in [1.165, 1.54) is 0 Å². The van der Waals surface area contributed by atoms with Gasteiger partial charge in [0.05, 0.1) is 12.2 Å². The molecule has 0 bridgehead atoms. The molecule has 3 heteroatoms. The van der Waals surface area contributed by atoms with E-state index in [1.807, 2.05) is 39.0 Å². The molecule has 1 heterocycles. The Morgan fingerprint density at radius 1 is 1.39 bits per heavy atom. The first kappa shape index (κ1) is 13.1. The SMILES string of the molecule is COC(C(=O)c1cccc2c1OCC2)C(C)(C)C. The first-order chi connectivity index (χ1) is 8.45. The topological polar surface area (TPSA) is 35.5 Å². The molecule has 0 N–H and O–H groups in total. The molecule has 0 saturated heterocycles. The zero-order valence-electron chi connectivity index (χ0n) is 11.4. The fourth-order valence-electron chi connectivity index (χ4n) is 2.40. The van der Waals surface area contributed by atoms with E-state index >= 15 is 0 Å². The molecule has 0 spiro atoms. The van der Waals surface area contributed by atoms with Crippen molar-refractivity contribution in [2.75, 3.05) is 13.7 Å². The van der Waals surface area contributed by atoms with Crippen molar-refractivity contribution in [1.29, 1.82) is 0 Å². The molecule has 18 heavy (non-hydrogen) atoms. The van der Waals surface area contributed by atoms with Gasteiger partial charge in [-0.05, 0) is 17.0 Å². The highest BCUT2D eigenvalue weighted by Gasteiger charge is 2.34. The number of carbonyl (C=O) groups excluding carboxylic acids is 1. The first-order valence-electron chi connectivity index (χ1n) is 6.27. The lowest BCUT2D eigenvalue weighted by molar-refractivity contribution is 0.0194. The molecule has 0 radical (unpaired) electrons. The molecule has 1 unspecified atom stereocenters. The van der Waals surface area contributed by atoms with Gasteiger partial charge in [0.1, 0.15) is 11.9 Å². The highest BCUT2D eigenvalue weighted by Crippen LogP contribution is 2.33. The number of hydrogen-bond donors (Lipinski definition) is 0. The second-order valence-corrected chi connectivity index (χ2v) is 5.74. The van der Waals surface area contributed by atoms with Crippen molar-refractivity contribution < 1.29 is 14.3 Å². The van der Waals surface area contributed by atoms with Crippen LogP contribution in [0.3, 0.4) is 0 Å². The third-order valence-corrected chi connectivity index (χ3v) is 3.24. The fraction of sp³-hybridized carbons (Fsp3) is 0.533. The average Bonchev–Trinajstić information content (AvgIpc) is 2.75. The Balaban J connectivity index is 2.37. The van der Waals surface area contributed by atoms with Gasteiger partial charge in [-0.15, -0.1) is 0 Å². The fourth-order valence-corrected chi connectivity index (χ4v) is 2.40. The quantitative estimate of drug-likeness (QED) is 0.772. The first-order valence-corrected chi connectivity index (χ1v) is 6.27. The van der Waals surface area contributed by atoms with E-state index in [0.717, 1.165) is 17.7 Å². The van der Waals surface area contributed by atoms with E-state index in [0.29, 0.717) is 12.2 Å². The van der Waals surface area contributed by atoms with E-state index < -0.39 is 6.10 Å². The summed E-state index contributed by atoms with van der Waals surface area (Å²) in [6.45, 7) is 6.67. The number of benzene rings is 1. The average molecular weight is 248 g/mol. The van der Waals surface area contributed by atoms with Crippen LogP contribution >= 0.6 is 0 Å². The van der Waals surface area contributed by atoms with E-state index in [-0.39, 0.29) is 11.2 Å². The summed E-state index contributed by atoms with van der Waals surface area (Å²) in [4.78, 5) is 12.6. The molecule has 1 aliphatic rings. The van der Waals surface area contributed by atoms with Crippen LogP contribution in [0.4, 0.5) is 0 Å². The minimum absolute atomic E-state index is 0.00347. The lowest BCUT2D eigenvalue weighted by Crippen LogP contribution is -2.36. The van der Waals surface area contributed by atoms with Crippen LogP contribution in [0.25, 0.3) is 0 Å². The van der Waals surface area contributed by atoms with Gasteiger partial charge in [-0.3, -0.25) is 4.79 Å². The Labute approximate surface area is 108 Å². The monoisotopic (exact) mass is 248 g/mol. The van der Waals surface area contributed by atoms with E-state index in [1.54, 1.807) is 7.11 Å². The number of ketones is 1. The Morgan fingerprint density at radius 2 is 2.11 bits per heavy atom. The number of rotatable bonds is 3. The van der Waals surface area contributed by atoms with Crippen LogP contribution in [-0.2, 0) is 11.2 Å². The minimum atomic E-state index is -0.451. The van der Waals surface area contributed by atoms with Crippen molar-refractivity contribution in [3.8, 4) is 5.75 Å². The number of Topliss-reactive ketones (excluding diaryl/α,β-unsaturated/α-hetero) is 1. The predicted molar refractivity (Wildman–Crippen MR) is 70.2 cm³/mol. The molecule has 0 amide bonds. The molecular weight excluding hydrogens is 228 g/mol. The third kappa shape index (κ3) is 2.27. The zero-order valence-corrected chi connectivity index (χ0v) is 11.4.